The highest BCUT2D eigenvalue weighted by Gasteiger charge is 2.22. The van der Waals surface area contributed by atoms with E-state index in [-0.39, 0.29) is 5.91 Å². The number of primary amides is 1. The number of likely N-dealkylation sites (tertiary alicyclic amines) is 1. The van der Waals surface area contributed by atoms with Crippen molar-refractivity contribution in [2.24, 2.45) is 11.7 Å². The van der Waals surface area contributed by atoms with Crippen LogP contribution in [0.1, 0.15) is 41.6 Å². The summed E-state index contributed by atoms with van der Waals surface area (Å²) in [6.45, 7) is 2.26. The third-order valence-electron chi connectivity index (χ3n) is 5.19. The number of ether oxygens (including phenoxy) is 1. The Bertz CT molecular complexity index is 787. The number of amides is 2. The Morgan fingerprint density at radius 3 is 2.71 bits per heavy atom. The molecule has 6 nitrogen and oxygen atoms in total. The standard InChI is InChI=1S/C22H27N3O3/c23-22(27)19-6-1-7-20(15-19)28-13-3-5-17-8-11-25(12-9-17)21(26)14-18-4-2-10-24-16-18/h1-2,4,6-7,10,15-17H,3,5,8-9,11-14H2,(H2,23,27). The molecule has 3 rings (SSSR count). The van der Waals surface area contributed by atoms with Crippen LogP contribution >= 0.6 is 0 Å². The lowest BCUT2D eigenvalue weighted by molar-refractivity contribution is -0.131. The summed E-state index contributed by atoms with van der Waals surface area (Å²) in [5.74, 6) is 1.04. The van der Waals surface area contributed by atoms with Crippen LogP contribution < -0.4 is 10.5 Å². The van der Waals surface area contributed by atoms with E-state index in [4.69, 9.17) is 10.5 Å². The maximum atomic E-state index is 12.4. The number of benzene rings is 1. The van der Waals surface area contributed by atoms with Gasteiger partial charge in [0.2, 0.25) is 11.8 Å². The topological polar surface area (TPSA) is 85.5 Å². The van der Waals surface area contributed by atoms with E-state index < -0.39 is 5.91 Å². The van der Waals surface area contributed by atoms with Crippen molar-refractivity contribution in [1.29, 1.82) is 0 Å². The molecule has 2 amide bonds. The maximum Gasteiger partial charge on any atom is 0.248 e. The molecule has 1 fully saturated rings. The first-order chi connectivity index (χ1) is 13.6. The highest BCUT2D eigenvalue weighted by Crippen LogP contribution is 2.23. The molecule has 2 aromatic rings. The van der Waals surface area contributed by atoms with Crippen LogP contribution in [-0.4, -0.2) is 41.4 Å². The SMILES string of the molecule is NC(=O)c1cccc(OCCCC2CCN(C(=O)Cc3cccnc3)CC2)c1. The molecule has 28 heavy (non-hydrogen) atoms. The van der Waals surface area contributed by atoms with Crippen molar-refractivity contribution in [1.82, 2.24) is 9.88 Å². The number of carbonyl (C=O) groups is 2. The Kier molecular flexibility index (Phi) is 7.00. The molecule has 1 aliphatic heterocycles. The Balaban J connectivity index is 1.34. The summed E-state index contributed by atoms with van der Waals surface area (Å²) in [7, 11) is 0. The van der Waals surface area contributed by atoms with E-state index in [1.54, 1.807) is 30.6 Å². The van der Waals surface area contributed by atoms with Crippen molar-refractivity contribution in [2.75, 3.05) is 19.7 Å². The molecular formula is C22H27N3O3. The van der Waals surface area contributed by atoms with Gasteiger partial charge in [-0.25, -0.2) is 0 Å². The van der Waals surface area contributed by atoms with Gasteiger partial charge < -0.3 is 15.4 Å². The summed E-state index contributed by atoms with van der Waals surface area (Å²) in [5.41, 5.74) is 6.71. The van der Waals surface area contributed by atoms with E-state index in [0.717, 1.165) is 44.3 Å². The minimum atomic E-state index is -0.449. The second-order valence-electron chi connectivity index (χ2n) is 7.24. The van der Waals surface area contributed by atoms with Gasteiger partial charge in [-0.3, -0.25) is 14.6 Å². The fourth-order valence-corrected chi connectivity index (χ4v) is 3.56. The van der Waals surface area contributed by atoms with Crippen LogP contribution in [0.3, 0.4) is 0 Å². The normalized spacial score (nSPS) is 14.6. The summed E-state index contributed by atoms with van der Waals surface area (Å²) < 4.78 is 5.74. The minimum absolute atomic E-state index is 0.184. The zero-order valence-corrected chi connectivity index (χ0v) is 16.0. The van der Waals surface area contributed by atoms with E-state index in [0.29, 0.717) is 30.3 Å². The first-order valence-electron chi connectivity index (χ1n) is 9.81. The van der Waals surface area contributed by atoms with Gasteiger partial charge in [0.25, 0.3) is 0 Å². The number of nitrogens with two attached hydrogens (primary N) is 1. The van der Waals surface area contributed by atoms with Gasteiger partial charge in [0, 0.05) is 31.0 Å². The lowest BCUT2D eigenvalue weighted by Crippen LogP contribution is -2.39. The fraction of sp³-hybridized carbons (Fsp3) is 0.409. The third-order valence-corrected chi connectivity index (χ3v) is 5.19. The average Bonchev–Trinajstić information content (AvgIpc) is 2.72. The maximum absolute atomic E-state index is 12.4. The molecule has 1 aliphatic rings. The highest BCUT2D eigenvalue weighted by atomic mass is 16.5. The summed E-state index contributed by atoms with van der Waals surface area (Å²) in [6, 6.07) is 10.8. The fourth-order valence-electron chi connectivity index (χ4n) is 3.56. The molecule has 0 bridgehead atoms. The number of aromatic nitrogens is 1. The number of carbonyl (C=O) groups excluding carboxylic acids is 2. The smallest absolute Gasteiger partial charge is 0.248 e. The van der Waals surface area contributed by atoms with E-state index in [1.165, 1.54) is 0 Å². The molecule has 2 heterocycles. The van der Waals surface area contributed by atoms with Gasteiger partial charge in [0.15, 0.2) is 0 Å². The van der Waals surface area contributed by atoms with Crippen LogP contribution in [0.2, 0.25) is 0 Å². The molecule has 1 saturated heterocycles. The molecule has 148 valence electrons. The summed E-state index contributed by atoms with van der Waals surface area (Å²) in [5, 5.41) is 0. The molecule has 0 spiro atoms. The first kappa shape index (κ1) is 19.9. The molecule has 0 radical (unpaired) electrons. The number of hydrogen-bond acceptors (Lipinski definition) is 4. The number of pyridine rings is 1. The molecule has 0 aliphatic carbocycles. The van der Waals surface area contributed by atoms with Gasteiger partial charge >= 0.3 is 0 Å². The summed E-state index contributed by atoms with van der Waals surface area (Å²) >= 11 is 0. The summed E-state index contributed by atoms with van der Waals surface area (Å²) in [6.07, 6.45) is 8.01. The van der Waals surface area contributed by atoms with Crippen LogP contribution in [-0.2, 0) is 11.2 Å². The van der Waals surface area contributed by atoms with Crippen molar-refractivity contribution in [3.8, 4) is 5.75 Å². The van der Waals surface area contributed by atoms with E-state index in [1.807, 2.05) is 23.1 Å². The van der Waals surface area contributed by atoms with Crippen molar-refractivity contribution in [3.05, 3.63) is 59.9 Å². The second kappa shape index (κ2) is 9.88. The zero-order valence-electron chi connectivity index (χ0n) is 16.0. The van der Waals surface area contributed by atoms with Crippen LogP contribution in [0, 0.1) is 5.92 Å². The van der Waals surface area contributed by atoms with Crippen molar-refractivity contribution >= 4 is 11.8 Å². The molecule has 1 aromatic carbocycles. The van der Waals surface area contributed by atoms with Crippen molar-refractivity contribution in [3.63, 3.8) is 0 Å². The van der Waals surface area contributed by atoms with Crippen LogP contribution in [0.4, 0.5) is 0 Å². The number of rotatable bonds is 8. The molecule has 0 unspecified atom stereocenters. The monoisotopic (exact) mass is 381 g/mol. The minimum Gasteiger partial charge on any atom is -0.494 e. The predicted molar refractivity (Wildman–Crippen MR) is 107 cm³/mol. The molecule has 6 heteroatoms. The lowest BCUT2D eigenvalue weighted by Gasteiger charge is -2.32. The Hall–Kier alpha value is -2.89. The third kappa shape index (κ3) is 5.81. The Morgan fingerprint density at radius 2 is 2.00 bits per heavy atom. The molecule has 0 atom stereocenters. The second-order valence-corrected chi connectivity index (χ2v) is 7.24. The van der Waals surface area contributed by atoms with Crippen molar-refractivity contribution in [2.45, 2.75) is 32.1 Å². The average molecular weight is 381 g/mol. The van der Waals surface area contributed by atoms with Gasteiger partial charge in [0.1, 0.15) is 5.75 Å². The predicted octanol–water partition coefficient (Wildman–Crippen LogP) is 2.82. The number of nitrogens with zero attached hydrogens (tertiary/aromatic N) is 2. The summed E-state index contributed by atoms with van der Waals surface area (Å²) in [4.78, 5) is 29.6. The lowest BCUT2D eigenvalue weighted by atomic mass is 9.92. The van der Waals surface area contributed by atoms with E-state index >= 15 is 0 Å². The van der Waals surface area contributed by atoms with E-state index in [2.05, 4.69) is 4.98 Å². The van der Waals surface area contributed by atoms with Crippen LogP contribution in [0.25, 0.3) is 0 Å². The van der Waals surface area contributed by atoms with Gasteiger partial charge in [-0.2, -0.15) is 0 Å². The number of hydrogen-bond donors (Lipinski definition) is 1. The largest absolute Gasteiger partial charge is 0.494 e. The highest BCUT2D eigenvalue weighted by molar-refractivity contribution is 5.93. The van der Waals surface area contributed by atoms with Crippen LogP contribution in [0.15, 0.2) is 48.8 Å². The molecule has 2 N–H and O–H groups in total. The molecule has 1 aromatic heterocycles. The van der Waals surface area contributed by atoms with Gasteiger partial charge in [-0.05, 0) is 61.4 Å². The first-order valence-corrected chi connectivity index (χ1v) is 9.81. The van der Waals surface area contributed by atoms with Crippen molar-refractivity contribution < 1.29 is 14.3 Å². The van der Waals surface area contributed by atoms with Gasteiger partial charge in [-0.15, -0.1) is 0 Å². The Morgan fingerprint density at radius 1 is 1.18 bits per heavy atom. The van der Waals surface area contributed by atoms with Gasteiger partial charge in [0.05, 0.1) is 13.0 Å². The Labute approximate surface area is 165 Å². The molecular weight excluding hydrogens is 354 g/mol. The quantitative estimate of drug-likeness (QED) is 0.713. The zero-order chi connectivity index (χ0) is 19.8. The van der Waals surface area contributed by atoms with E-state index in [9.17, 15) is 9.59 Å². The molecule has 0 saturated carbocycles. The van der Waals surface area contributed by atoms with Gasteiger partial charge in [-0.1, -0.05) is 12.1 Å². The van der Waals surface area contributed by atoms with Crippen LogP contribution in [0.5, 0.6) is 5.75 Å². The number of piperidine rings is 1.